The lowest BCUT2D eigenvalue weighted by Gasteiger charge is -2.16. The number of thioether (sulfide) groups is 1. The van der Waals surface area contributed by atoms with Gasteiger partial charge in [-0.05, 0) is 25.7 Å². The molecule has 5 amide bonds. The summed E-state index contributed by atoms with van der Waals surface area (Å²) in [6.07, 6.45) is 13.4. The number of nitrogens with zero attached hydrogens (tertiary/aromatic N) is 1. The Labute approximate surface area is 223 Å². The smallest absolute Gasteiger partial charge is 0.333 e. The SMILES string of the molecule is O=C(CCCC[C@@H]1SC[C@@H]2NC(=O)N[C@@H]21)NCCCCCCCCCCCC(=O)ON1C(=O)CCC1=O. The minimum Gasteiger partial charge on any atom is -0.356 e. The van der Waals surface area contributed by atoms with Gasteiger partial charge in [0.15, 0.2) is 0 Å². The predicted molar refractivity (Wildman–Crippen MR) is 140 cm³/mol. The molecule has 3 rings (SSSR count). The van der Waals surface area contributed by atoms with Crippen molar-refractivity contribution in [3.05, 3.63) is 0 Å². The van der Waals surface area contributed by atoms with Gasteiger partial charge < -0.3 is 20.8 Å². The molecular weight excluding hydrogens is 496 g/mol. The van der Waals surface area contributed by atoms with Crippen molar-refractivity contribution in [3.8, 4) is 0 Å². The number of hydrogen-bond acceptors (Lipinski definition) is 7. The third kappa shape index (κ3) is 10.2. The summed E-state index contributed by atoms with van der Waals surface area (Å²) in [5.74, 6) is -0.292. The van der Waals surface area contributed by atoms with Crippen LogP contribution in [0.2, 0.25) is 0 Å². The van der Waals surface area contributed by atoms with Crippen molar-refractivity contribution < 1.29 is 28.8 Å². The molecule has 0 aromatic carbocycles. The Morgan fingerprint density at radius 3 is 2.16 bits per heavy atom. The number of nitrogens with one attached hydrogen (secondary N) is 3. The summed E-state index contributed by atoms with van der Waals surface area (Å²) in [7, 11) is 0. The molecule has 3 aliphatic heterocycles. The van der Waals surface area contributed by atoms with Crippen molar-refractivity contribution in [2.75, 3.05) is 12.3 Å². The molecule has 3 saturated heterocycles. The number of hydroxylamine groups is 2. The molecule has 3 N–H and O–H groups in total. The van der Waals surface area contributed by atoms with E-state index >= 15 is 0 Å². The predicted octanol–water partition coefficient (Wildman–Crippen LogP) is 3.34. The summed E-state index contributed by atoms with van der Waals surface area (Å²) in [5.41, 5.74) is 0. The average molecular weight is 539 g/mol. The molecule has 3 heterocycles. The Hall–Kier alpha value is -2.30. The maximum absolute atomic E-state index is 12.0. The molecule has 3 aliphatic rings. The van der Waals surface area contributed by atoms with Gasteiger partial charge in [0.1, 0.15) is 0 Å². The van der Waals surface area contributed by atoms with Gasteiger partial charge in [-0.2, -0.15) is 11.8 Å². The van der Waals surface area contributed by atoms with E-state index < -0.39 is 17.8 Å². The highest BCUT2D eigenvalue weighted by Gasteiger charge is 2.42. The lowest BCUT2D eigenvalue weighted by molar-refractivity contribution is -0.197. The zero-order valence-electron chi connectivity index (χ0n) is 21.8. The van der Waals surface area contributed by atoms with Gasteiger partial charge in [0.2, 0.25) is 5.91 Å². The van der Waals surface area contributed by atoms with E-state index in [2.05, 4.69) is 16.0 Å². The second-order valence-electron chi connectivity index (χ2n) is 10.2. The van der Waals surface area contributed by atoms with E-state index in [1.165, 1.54) is 6.42 Å². The third-order valence-electron chi connectivity index (χ3n) is 7.16. The van der Waals surface area contributed by atoms with Crippen LogP contribution >= 0.6 is 11.8 Å². The number of hydrogen-bond donors (Lipinski definition) is 3. The fourth-order valence-electron chi connectivity index (χ4n) is 5.03. The molecule has 3 atom stereocenters. The van der Waals surface area contributed by atoms with Crippen molar-refractivity contribution >= 4 is 41.5 Å². The first-order chi connectivity index (χ1) is 17.9. The van der Waals surface area contributed by atoms with E-state index in [0.29, 0.717) is 23.2 Å². The average Bonchev–Trinajstić information content (AvgIpc) is 3.52. The number of carbonyl (C=O) groups is 5. The van der Waals surface area contributed by atoms with Crippen LogP contribution in [0.3, 0.4) is 0 Å². The Kier molecular flexibility index (Phi) is 12.5. The molecule has 0 saturated carbocycles. The molecule has 208 valence electrons. The minimum absolute atomic E-state index is 0.0503. The van der Waals surface area contributed by atoms with Crippen LogP contribution in [0.25, 0.3) is 0 Å². The van der Waals surface area contributed by atoms with Gasteiger partial charge in [-0.15, -0.1) is 5.06 Å². The lowest BCUT2D eigenvalue weighted by Crippen LogP contribution is -2.36. The summed E-state index contributed by atoms with van der Waals surface area (Å²) in [6.45, 7) is 0.740. The summed E-state index contributed by atoms with van der Waals surface area (Å²) in [5, 5.41) is 10.1. The lowest BCUT2D eigenvalue weighted by atomic mass is 10.0. The molecule has 0 bridgehead atoms. The molecule has 0 aromatic heterocycles. The van der Waals surface area contributed by atoms with Gasteiger partial charge in [-0.25, -0.2) is 9.59 Å². The number of carbonyl (C=O) groups excluding carboxylic acids is 5. The van der Waals surface area contributed by atoms with Crippen LogP contribution in [0.5, 0.6) is 0 Å². The number of amides is 5. The highest BCUT2D eigenvalue weighted by Crippen LogP contribution is 2.33. The van der Waals surface area contributed by atoms with Crippen molar-refractivity contribution in [1.29, 1.82) is 0 Å². The van der Waals surface area contributed by atoms with Crippen molar-refractivity contribution in [1.82, 2.24) is 21.0 Å². The fraction of sp³-hybridized carbons (Fsp3) is 0.808. The Morgan fingerprint density at radius 2 is 1.46 bits per heavy atom. The first-order valence-electron chi connectivity index (χ1n) is 14.0. The highest BCUT2D eigenvalue weighted by molar-refractivity contribution is 8.00. The van der Waals surface area contributed by atoms with Crippen LogP contribution in [0.15, 0.2) is 0 Å². The quantitative estimate of drug-likeness (QED) is 0.138. The van der Waals surface area contributed by atoms with E-state index in [1.807, 2.05) is 11.8 Å². The van der Waals surface area contributed by atoms with Crippen molar-refractivity contribution in [2.45, 2.75) is 120 Å². The van der Waals surface area contributed by atoms with Crippen molar-refractivity contribution in [2.24, 2.45) is 0 Å². The molecule has 3 fully saturated rings. The molecule has 0 aromatic rings. The van der Waals surface area contributed by atoms with Gasteiger partial charge in [0, 0.05) is 43.2 Å². The van der Waals surface area contributed by atoms with Crippen LogP contribution in [-0.4, -0.2) is 64.4 Å². The maximum Gasteiger partial charge on any atom is 0.333 e. The largest absolute Gasteiger partial charge is 0.356 e. The molecule has 37 heavy (non-hydrogen) atoms. The number of rotatable bonds is 18. The normalized spacial score (nSPS) is 22.6. The second-order valence-corrected chi connectivity index (χ2v) is 11.5. The van der Waals surface area contributed by atoms with Crippen LogP contribution in [0.4, 0.5) is 4.79 Å². The van der Waals surface area contributed by atoms with E-state index in [1.54, 1.807) is 0 Å². The molecule has 11 heteroatoms. The summed E-state index contributed by atoms with van der Waals surface area (Å²) < 4.78 is 0. The first kappa shape index (κ1) is 29.3. The van der Waals surface area contributed by atoms with Gasteiger partial charge in [0.05, 0.1) is 12.1 Å². The van der Waals surface area contributed by atoms with Gasteiger partial charge in [0.25, 0.3) is 11.8 Å². The molecule has 0 radical (unpaired) electrons. The Balaban J connectivity index is 1.04. The standard InChI is InChI=1S/C26H42N4O6S/c31-21(13-10-9-12-20-25-19(18-37-20)28-26(35)29-25)27-17-11-7-5-3-1-2-4-6-8-14-24(34)36-30-22(32)15-16-23(30)33/h19-20,25H,1-18H2,(H,27,31)(H2,28,29,35)/t19-,20-,25-/m0/s1. The Bertz CT molecular complexity index is 794. The topological polar surface area (TPSA) is 134 Å². The Morgan fingerprint density at radius 1 is 0.838 bits per heavy atom. The number of unbranched alkanes of at least 4 members (excludes halogenated alkanes) is 9. The minimum atomic E-state index is -0.519. The van der Waals surface area contributed by atoms with E-state index in [0.717, 1.165) is 76.5 Å². The van der Waals surface area contributed by atoms with E-state index in [9.17, 15) is 24.0 Å². The second kappa shape index (κ2) is 15.8. The highest BCUT2D eigenvalue weighted by atomic mass is 32.2. The van der Waals surface area contributed by atoms with Gasteiger partial charge in [-0.3, -0.25) is 14.4 Å². The van der Waals surface area contributed by atoms with Crippen LogP contribution in [-0.2, 0) is 24.0 Å². The van der Waals surface area contributed by atoms with E-state index in [4.69, 9.17) is 4.84 Å². The first-order valence-corrected chi connectivity index (χ1v) is 15.0. The monoisotopic (exact) mass is 538 g/mol. The van der Waals surface area contributed by atoms with Crippen LogP contribution in [0, 0.1) is 0 Å². The van der Waals surface area contributed by atoms with Crippen molar-refractivity contribution in [3.63, 3.8) is 0 Å². The summed E-state index contributed by atoms with van der Waals surface area (Å²) >= 11 is 1.92. The maximum atomic E-state index is 12.0. The molecule has 0 unspecified atom stereocenters. The third-order valence-corrected chi connectivity index (χ3v) is 8.67. The number of imide groups is 1. The van der Waals surface area contributed by atoms with Gasteiger partial charge >= 0.3 is 12.0 Å². The van der Waals surface area contributed by atoms with Crippen LogP contribution in [0.1, 0.15) is 103 Å². The number of fused-ring (bicyclic) bond motifs is 1. The molecule has 0 aliphatic carbocycles. The fourth-order valence-corrected chi connectivity index (χ4v) is 6.57. The molecule has 10 nitrogen and oxygen atoms in total. The summed E-state index contributed by atoms with van der Waals surface area (Å²) in [4.78, 5) is 62.9. The van der Waals surface area contributed by atoms with Crippen LogP contribution < -0.4 is 16.0 Å². The van der Waals surface area contributed by atoms with Gasteiger partial charge in [-0.1, -0.05) is 51.4 Å². The van der Waals surface area contributed by atoms with E-state index in [-0.39, 0.29) is 43.3 Å². The molecule has 0 spiro atoms. The summed E-state index contributed by atoms with van der Waals surface area (Å²) in [6, 6.07) is 0.452. The number of urea groups is 1. The molecular formula is C26H42N4O6S. The zero-order valence-corrected chi connectivity index (χ0v) is 22.6. The zero-order chi connectivity index (χ0) is 26.5.